The van der Waals surface area contributed by atoms with Crippen molar-refractivity contribution in [1.29, 1.82) is 0 Å². The normalized spacial score (nSPS) is 12.8. The molecule has 1 N–H and O–H groups in total. The molecule has 4 aromatic carbocycles. The minimum Gasteiger partial charge on any atom is -0.423 e. The third-order valence-corrected chi connectivity index (χ3v) is 5.54. The van der Waals surface area contributed by atoms with Crippen LogP contribution in [0.4, 0.5) is 0 Å². The predicted molar refractivity (Wildman–Crippen MR) is 125 cm³/mol. The Bertz CT molecular complexity index is 1260. The van der Waals surface area contributed by atoms with Crippen LogP contribution in [0.5, 0.6) is 5.75 Å². The van der Waals surface area contributed by atoms with Gasteiger partial charge >= 0.3 is 5.97 Å². The van der Waals surface area contributed by atoms with Gasteiger partial charge in [0, 0.05) is 17.2 Å². The van der Waals surface area contributed by atoms with Gasteiger partial charge in [-0.05, 0) is 45.7 Å². The highest BCUT2D eigenvalue weighted by molar-refractivity contribution is 5.89. The fourth-order valence-electron chi connectivity index (χ4n) is 4.19. The molecule has 0 aromatic heterocycles. The maximum absolute atomic E-state index is 12.0. The van der Waals surface area contributed by atoms with Gasteiger partial charge in [0.2, 0.25) is 0 Å². The van der Waals surface area contributed by atoms with Crippen LogP contribution in [0.3, 0.4) is 0 Å². The Kier molecular flexibility index (Phi) is 5.28. The second kappa shape index (κ2) is 8.05. The van der Waals surface area contributed by atoms with E-state index in [0.717, 1.165) is 44.7 Å². The summed E-state index contributed by atoms with van der Waals surface area (Å²) < 4.78 is 5.21. The van der Waals surface area contributed by atoms with E-state index < -0.39 is 11.6 Å². The number of carbonyl (C=O) groups is 1. The fourth-order valence-corrected chi connectivity index (χ4v) is 4.19. The smallest absolute Gasteiger partial charge is 0.335 e. The monoisotopic (exact) mass is 406 g/mol. The first-order chi connectivity index (χ1) is 15.1. The molecule has 0 spiro atoms. The highest BCUT2D eigenvalue weighted by atomic mass is 16.5. The van der Waals surface area contributed by atoms with Crippen LogP contribution in [0.2, 0.25) is 0 Å². The molecule has 3 heteroatoms. The van der Waals surface area contributed by atoms with E-state index in [9.17, 15) is 9.90 Å². The van der Waals surface area contributed by atoms with E-state index in [1.807, 2.05) is 72.8 Å². The molecule has 5 rings (SSSR count). The SMILES string of the molecule is C=C.C=CC(=O)Oc1ccc2cc(C3(O)c4ccccc4-c4ccccc43)ccc2c1. The summed E-state index contributed by atoms with van der Waals surface area (Å²) in [5, 5.41) is 13.8. The van der Waals surface area contributed by atoms with Gasteiger partial charge in [0.25, 0.3) is 0 Å². The van der Waals surface area contributed by atoms with Crippen molar-refractivity contribution in [1.82, 2.24) is 0 Å². The Morgan fingerprint density at radius 1 is 0.806 bits per heavy atom. The molecule has 0 fully saturated rings. The van der Waals surface area contributed by atoms with Gasteiger partial charge in [-0.3, -0.25) is 0 Å². The number of aliphatic hydroxyl groups is 1. The number of benzene rings is 4. The van der Waals surface area contributed by atoms with E-state index in [0.29, 0.717) is 5.75 Å². The van der Waals surface area contributed by atoms with Crippen LogP contribution in [-0.4, -0.2) is 11.1 Å². The van der Waals surface area contributed by atoms with Gasteiger partial charge in [0.05, 0.1) is 0 Å². The summed E-state index contributed by atoms with van der Waals surface area (Å²) in [5.41, 5.74) is 3.47. The lowest BCUT2D eigenvalue weighted by molar-refractivity contribution is -0.128. The molecule has 0 radical (unpaired) electrons. The second-order valence-corrected chi connectivity index (χ2v) is 7.15. The number of hydrogen-bond acceptors (Lipinski definition) is 3. The zero-order chi connectivity index (χ0) is 22.0. The minimum atomic E-state index is -1.21. The van der Waals surface area contributed by atoms with Gasteiger partial charge in [0.1, 0.15) is 11.4 Å². The zero-order valence-corrected chi connectivity index (χ0v) is 17.0. The summed E-state index contributed by atoms with van der Waals surface area (Å²) in [7, 11) is 0. The molecule has 0 aliphatic heterocycles. The van der Waals surface area contributed by atoms with Crippen molar-refractivity contribution in [2.75, 3.05) is 0 Å². The predicted octanol–water partition coefficient (Wildman–Crippen LogP) is 6.00. The topological polar surface area (TPSA) is 46.5 Å². The second-order valence-electron chi connectivity index (χ2n) is 7.15. The van der Waals surface area contributed by atoms with Gasteiger partial charge in [-0.25, -0.2) is 4.79 Å². The standard InChI is InChI=1S/C26H18O3.C2H4/c1-2-25(27)29-20-14-12-17-15-19(13-11-18(17)16-20)26(28)23-9-5-3-7-21(23)22-8-4-6-10-24(22)26;1-2/h2-16,28H,1H2;1-2H2. The Labute approximate surface area is 181 Å². The molecule has 0 saturated heterocycles. The molecule has 0 bridgehead atoms. The van der Waals surface area contributed by atoms with E-state index in [-0.39, 0.29) is 0 Å². The molecular formula is C28H22O3. The number of esters is 1. The lowest BCUT2D eigenvalue weighted by atomic mass is 9.83. The summed E-state index contributed by atoms with van der Waals surface area (Å²) in [6.45, 7) is 9.42. The largest absolute Gasteiger partial charge is 0.423 e. The molecule has 0 heterocycles. The van der Waals surface area contributed by atoms with Crippen molar-refractivity contribution in [3.05, 3.63) is 127 Å². The summed E-state index contributed by atoms with van der Waals surface area (Å²) in [6.07, 6.45) is 1.14. The van der Waals surface area contributed by atoms with E-state index in [2.05, 4.69) is 19.7 Å². The Morgan fingerprint density at radius 2 is 1.35 bits per heavy atom. The summed E-state index contributed by atoms with van der Waals surface area (Å²) in [5.74, 6) is -0.0279. The van der Waals surface area contributed by atoms with E-state index in [1.54, 1.807) is 12.1 Å². The average Bonchev–Trinajstić information content (AvgIpc) is 3.10. The molecular weight excluding hydrogens is 384 g/mol. The van der Waals surface area contributed by atoms with Crippen LogP contribution in [-0.2, 0) is 10.4 Å². The molecule has 3 nitrogen and oxygen atoms in total. The first-order valence-corrected chi connectivity index (χ1v) is 9.91. The van der Waals surface area contributed by atoms with Crippen molar-refractivity contribution in [3.63, 3.8) is 0 Å². The molecule has 31 heavy (non-hydrogen) atoms. The molecule has 0 amide bonds. The Balaban J connectivity index is 0.00000112. The fraction of sp³-hybridized carbons (Fsp3) is 0.0357. The van der Waals surface area contributed by atoms with Crippen molar-refractivity contribution >= 4 is 16.7 Å². The van der Waals surface area contributed by atoms with Crippen LogP contribution in [0.1, 0.15) is 16.7 Å². The summed E-state index contributed by atoms with van der Waals surface area (Å²) in [6, 6.07) is 27.3. The van der Waals surface area contributed by atoms with Gasteiger partial charge in [-0.2, -0.15) is 0 Å². The molecule has 4 aromatic rings. The van der Waals surface area contributed by atoms with Crippen LogP contribution in [0, 0.1) is 0 Å². The van der Waals surface area contributed by atoms with Gasteiger partial charge in [-0.15, -0.1) is 13.2 Å². The molecule has 0 unspecified atom stereocenters. The third-order valence-electron chi connectivity index (χ3n) is 5.54. The van der Waals surface area contributed by atoms with Crippen molar-refractivity contribution in [3.8, 4) is 16.9 Å². The number of ether oxygens (including phenoxy) is 1. The van der Waals surface area contributed by atoms with Gasteiger partial charge < -0.3 is 9.84 Å². The molecule has 0 atom stereocenters. The molecule has 1 aliphatic rings. The maximum Gasteiger partial charge on any atom is 0.335 e. The Morgan fingerprint density at radius 3 is 1.97 bits per heavy atom. The van der Waals surface area contributed by atoms with Crippen molar-refractivity contribution < 1.29 is 14.6 Å². The zero-order valence-electron chi connectivity index (χ0n) is 17.0. The van der Waals surface area contributed by atoms with Gasteiger partial charge in [0.15, 0.2) is 0 Å². The summed E-state index contributed by atoms with van der Waals surface area (Å²) >= 11 is 0. The van der Waals surface area contributed by atoms with E-state index >= 15 is 0 Å². The quantitative estimate of drug-likeness (QED) is 0.196. The Hall–Kier alpha value is -3.95. The van der Waals surface area contributed by atoms with Crippen LogP contribution >= 0.6 is 0 Å². The van der Waals surface area contributed by atoms with E-state index in [4.69, 9.17) is 4.74 Å². The van der Waals surface area contributed by atoms with Crippen LogP contribution in [0.25, 0.3) is 21.9 Å². The van der Waals surface area contributed by atoms with Crippen molar-refractivity contribution in [2.45, 2.75) is 5.60 Å². The first-order valence-electron chi connectivity index (χ1n) is 9.91. The number of rotatable bonds is 3. The molecule has 152 valence electrons. The number of fused-ring (bicyclic) bond motifs is 4. The summed E-state index contributed by atoms with van der Waals surface area (Å²) in [4.78, 5) is 11.4. The molecule has 0 saturated carbocycles. The van der Waals surface area contributed by atoms with Gasteiger partial charge in [-0.1, -0.05) is 73.3 Å². The van der Waals surface area contributed by atoms with Crippen LogP contribution < -0.4 is 4.74 Å². The lowest BCUT2D eigenvalue weighted by Gasteiger charge is -2.27. The maximum atomic E-state index is 12.0. The number of hydrogen-bond donors (Lipinski definition) is 1. The lowest BCUT2D eigenvalue weighted by Crippen LogP contribution is -2.26. The van der Waals surface area contributed by atoms with Crippen LogP contribution in [0.15, 0.2) is 111 Å². The molecule has 1 aliphatic carbocycles. The number of carbonyl (C=O) groups excluding carboxylic acids is 1. The average molecular weight is 406 g/mol. The highest BCUT2D eigenvalue weighted by Crippen LogP contribution is 2.50. The minimum absolute atomic E-state index is 0.463. The first kappa shape index (κ1) is 20.3. The van der Waals surface area contributed by atoms with Crippen molar-refractivity contribution in [2.24, 2.45) is 0 Å². The third kappa shape index (κ3) is 3.25. The highest BCUT2D eigenvalue weighted by Gasteiger charge is 2.42. The van der Waals surface area contributed by atoms with E-state index in [1.165, 1.54) is 0 Å².